The Morgan fingerprint density at radius 3 is 2.39 bits per heavy atom. The van der Waals surface area contributed by atoms with Gasteiger partial charge < -0.3 is 10.4 Å². The molecule has 0 atom stereocenters. The molecular weight excluding hydrogens is 226 g/mol. The van der Waals surface area contributed by atoms with Crippen LogP contribution in [0.1, 0.15) is 5.56 Å². The van der Waals surface area contributed by atoms with Crippen LogP contribution in [0.3, 0.4) is 0 Å². The number of benzene rings is 2. The van der Waals surface area contributed by atoms with Crippen molar-refractivity contribution in [2.24, 2.45) is 0 Å². The minimum Gasteiger partial charge on any atom is -0.472 e. The van der Waals surface area contributed by atoms with Gasteiger partial charge in [0, 0.05) is 17.2 Å². The fourth-order valence-corrected chi connectivity index (χ4v) is 1.50. The molecule has 0 aliphatic heterocycles. The van der Waals surface area contributed by atoms with E-state index in [-0.39, 0.29) is 0 Å². The second-order valence-electron chi connectivity index (χ2n) is 3.59. The van der Waals surface area contributed by atoms with Crippen molar-refractivity contribution in [3.8, 4) is 11.8 Å². The van der Waals surface area contributed by atoms with E-state index < -0.39 is 5.97 Å². The highest BCUT2D eigenvalue weighted by Crippen LogP contribution is 2.19. The molecule has 0 aliphatic rings. The SMILES string of the molecule is O=C(O)C#Cc1ccccc1Nc1ccccc1. The van der Waals surface area contributed by atoms with E-state index in [0.29, 0.717) is 5.56 Å². The molecule has 2 aromatic carbocycles. The van der Waals surface area contributed by atoms with E-state index in [9.17, 15) is 4.79 Å². The molecule has 0 fully saturated rings. The summed E-state index contributed by atoms with van der Waals surface area (Å²) in [6.07, 6.45) is 0. The zero-order chi connectivity index (χ0) is 12.8. The third-order valence-electron chi connectivity index (χ3n) is 2.28. The van der Waals surface area contributed by atoms with Crippen molar-refractivity contribution >= 4 is 17.3 Å². The van der Waals surface area contributed by atoms with Crippen molar-refractivity contribution in [2.45, 2.75) is 0 Å². The predicted octanol–water partition coefficient (Wildman–Crippen LogP) is 2.87. The smallest absolute Gasteiger partial charge is 0.382 e. The van der Waals surface area contributed by atoms with Crippen molar-refractivity contribution in [1.82, 2.24) is 0 Å². The number of carboxylic acids is 1. The van der Waals surface area contributed by atoms with Crippen LogP contribution >= 0.6 is 0 Å². The molecule has 0 saturated heterocycles. The van der Waals surface area contributed by atoms with E-state index in [2.05, 4.69) is 17.2 Å². The molecule has 3 heteroatoms. The predicted molar refractivity (Wildman–Crippen MR) is 70.7 cm³/mol. The summed E-state index contributed by atoms with van der Waals surface area (Å²) in [5.41, 5.74) is 2.38. The maximum absolute atomic E-state index is 10.4. The van der Waals surface area contributed by atoms with Crippen molar-refractivity contribution in [3.63, 3.8) is 0 Å². The lowest BCUT2D eigenvalue weighted by atomic mass is 10.1. The molecule has 0 unspecified atom stereocenters. The van der Waals surface area contributed by atoms with Crippen LogP contribution in [0, 0.1) is 11.8 Å². The van der Waals surface area contributed by atoms with Gasteiger partial charge in [0.15, 0.2) is 0 Å². The van der Waals surface area contributed by atoms with Gasteiger partial charge in [0.05, 0.1) is 5.69 Å². The Bertz CT molecular complexity index is 609. The maximum Gasteiger partial charge on any atom is 0.382 e. The van der Waals surface area contributed by atoms with Gasteiger partial charge in [-0.05, 0) is 24.3 Å². The second-order valence-corrected chi connectivity index (χ2v) is 3.59. The molecule has 0 aliphatic carbocycles. The lowest BCUT2D eigenvalue weighted by Gasteiger charge is -2.07. The first kappa shape index (κ1) is 11.7. The average molecular weight is 237 g/mol. The second kappa shape index (κ2) is 5.55. The van der Waals surface area contributed by atoms with Crippen LogP contribution in [-0.2, 0) is 4.79 Å². The van der Waals surface area contributed by atoms with E-state index in [0.717, 1.165) is 11.4 Å². The number of para-hydroxylation sites is 2. The zero-order valence-corrected chi connectivity index (χ0v) is 9.55. The summed E-state index contributed by atoms with van der Waals surface area (Å²) in [7, 11) is 0. The van der Waals surface area contributed by atoms with Gasteiger partial charge in [-0.15, -0.1) is 0 Å². The number of aliphatic carboxylic acids is 1. The molecule has 0 amide bonds. The summed E-state index contributed by atoms with van der Waals surface area (Å²) >= 11 is 0. The molecule has 0 aromatic heterocycles. The van der Waals surface area contributed by atoms with Gasteiger partial charge in [0.25, 0.3) is 0 Å². The Morgan fingerprint density at radius 2 is 1.67 bits per heavy atom. The highest BCUT2D eigenvalue weighted by Gasteiger charge is 1.99. The normalized spacial score (nSPS) is 9.11. The Kier molecular flexibility index (Phi) is 3.62. The topological polar surface area (TPSA) is 49.3 Å². The first-order valence-electron chi connectivity index (χ1n) is 5.42. The van der Waals surface area contributed by atoms with Crippen LogP contribution in [0.2, 0.25) is 0 Å². The molecule has 3 nitrogen and oxygen atoms in total. The van der Waals surface area contributed by atoms with Crippen molar-refractivity contribution in [3.05, 3.63) is 60.2 Å². The fourth-order valence-electron chi connectivity index (χ4n) is 1.50. The molecule has 88 valence electrons. The van der Waals surface area contributed by atoms with E-state index in [4.69, 9.17) is 5.11 Å². The Labute approximate surface area is 105 Å². The molecule has 0 bridgehead atoms. The monoisotopic (exact) mass is 237 g/mol. The Morgan fingerprint density at radius 1 is 1.00 bits per heavy atom. The van der Waals surface area contributed by atoms with Gasteiger partial charge in [0.2, 0.25) is 0 Å². The van der Waals surface area contributed by atoms with Gasteiger partial charge in [-0.25, -0.2) is 4.79 Å². The standard InChI is InChI=1S/C15H11NO2/c17-15(18)11-10-12-6-4-5-9-14(12)16-13-7-2-1-3-8-13/h1-9,16H,(H,17,18). The summed E-state index contributed by atoms with van der Waals surface area (Å²) in [5, 5.41) is 11.8. The lowest BCUT2D eigenvalue weighted by Crippen LogP contribution is -1.94. The van der Waals surface area contributed by atoms with E-state index in [1.54, 1.807) is 6.07 Å². The summed E-state index contributed by atoms with van der Waals surface area (Å²) in [5.74, 6) is 3.60. The van der Waals surface area contributed by atoms with Crippen LogP contribution in [0.4, 0.5) is 11.4 Å². The molecule has 18 heavy (non-hydrogen) atoms. The van der Waals surface area contributed by atoms with Crippen LogP contribution in [0.25, 0.3) is 0 Å². The lowest BCUT2D eigenvalue weighted by molar-refractivity contribution is -0.130. The molecule has 0 spiro atoms. The number of carboxylic acid groups (broad SMARTS) is 1. The summed E-state index contributed by atoms with van der Waals surface area (Å²) in [6.45, 7) is 0. The molecule has 2 aromatic rings. The number of hydrogen-bond acceptors (Lipinski definition) is 2. The Balaban J connectivity index is 2.29. The van der Waals surface area contributed by atoms with Crippen molar-refractivity contribution in [1.29, 1.82) is 0 Å². The minimum atomic E-state index is -1.13. The van der Waals surface area contributed by atoms with Gasteiger partial charge in [0.1, 0.15) is 0 Å². The molecule has 2 rings (SSSR count). The molecule has 2 N–H and O–H groups in total. The highest BCUT2D eigenvalue weighted by molar-refractivity contribution is 5.87. The summed E-state index contributed by atoms with van der Waals surface area (Å²) in [4.78, 5) is 10.4. The minimum absolute atomic E-state index is 0.656. The average Bonchev–Trinajstić information content (AvgIpc) is 2.39. The summed E-state index contributed by atoms with van der Waals surface area (Å²) < 4.78 is 0. The third-order valence-corrected chi connectivity index (χ3v) is 2.28. The first-order chi connectivity index (χ1) is 8.75. The van der Waals surface area contributed by atoms with E-state index in [1.807, 2.05) is 48.5 Å². The van der Waals surface area contributed by atoms with Crippen LogP contribution in [0.5, 0.6) is 0 Å². The van der Waals surface area contributed by atoms with E-state index >= 15 is 0 Å². The third kappa shape index (κ3) is 3.13. The van der Waals surface area contributed by atoms with Gasteiger partial charge in [-0.1, -0.05) is 36.3 Å². The molecule has 0 saturated carbocycles. The highest BCUT2D eigenvalue weighted by atomic mass is 16.4. The zero-order valence-electron chi connectivity index (χ0n) is 9.55. The van der Waals surface area contributed by atoms with Gasteiger partial charge >= 0.3 is 5.97 Å². The number of hydrogen-bond donors (Lipinski definition) is 2. The maximum atomic E-state index is 10.4. The number of anilines is 2. The number of rotatable bonds is 2. The van der Waals surface area contributed by atoms with Crippen LogP contribution in [-0.4, -0.2) is 11.1 Å². The van der Waals surface area contributed by atoms with E-state index in [1.165, 1.54) is 0 Å². The van der Waals surface area contributed by atoms with Gasteiger partial charge in [-0.2, -0.15) is 0 Å². The van der Waals surface area contributed by atoms with Crippen molar-refractivity contribution < 1.29 is 9.90 Å². The van der Waals surface area contributed by atoms with Crippen molar-refractivity contribution in [2.75, 3.05) is 5.32 Å². The summed E-state index contributed by atoms with van der Waals surface area (Å²) in [6, 6.07) is 17.0. The first-order valence-corrected chi connectivity index (χ1v) is 5.42. The van der Waals surface area contributed by atoms with Crippen LogP contribution in [0.15, 0.2) is 54.6 Å². The molecule has 0 heterocycles. The largest absolute Gasteiger partial charge is 0.472 e. The van der Waals surface area contributed by atoms with Gasteiger partial charge in [-0.3, -0.25) is 0 Å². The number of nitrogens with one attached hydrogen (secondary N) is 1. The Hall–Kier alpha value is -2.73. The quantitative estimate of drug-likeness (QED) is 0.789. The molecular formula is C15H11NO2. The fraction of sp³-hybridized carbons (Fsp3) is 0. The van der Waals surface area contributed by atoms with Crippen LogP contribution < -0.4 is 5.32 Å². The number of carbonyl (C=O) groups is 1. The molecule has 0 radical (unpaired) electrons.